The van der Waals surface area contributed by atoms with Gasteiger partial charge in [0.1, 0.15) is 16.4 Å². The summed E-state index contributed by atoms with van der Waals surface area (Å²) >= 11 is 1.28. The van der Waals surface area contributed by atoms with E-state index in [4.69, 9.17) is 14.2 Å². The van der Waals surface area contributed by atoms with Gasteiger partial charge in [0, 0.05) is 6.07 Å². The summed E-state index contributed by atoms with van der Waals surface area (Å²) in [7, 11) is 3.02. The van der Waals surface area contributed by atoms with Crippen LogP contribution in [-0.4, -0.2) is 32.7 Å². The minimum Gasteiger partial charge on any atom is -0.497 e. The summed E-state index contributed by atoms with van der Waals surface area (Å²) in [5, 5.41) is 4.43. The fourth-order valence-corrected chi connectivity index (χ4v) is 2.69. The summed E-state index contributed by atoms with van der Waals surface area (Å²) in [6.07, 6.45) is 0. The molecule has 7 heteroatoms. The van der Waals surface area contributed by atoms with E-state index in [2.05, 4.69) is 5.32 Å². The molecule has 0 aliphatic heterocycles. The third kappa shape index (κ3) is 4.23. The number of amides is 1. The van der Waals surface area contributed by atoms with Crippen molar-refractivity contribution in [2.75, 3.05) is 26.1 Å². The maximum absolute atomic E-state index is 12.0. The largest absolute Gasteiger partial charge is 0.497 e. The van der Waals surface area contributed by atoms with Crippen LogP contribution in [0.1, 0.15) is 15.2 Å². The van der Waals surface area contributed by atoms with E-state index in [1.54, 1.807) is 23.6 Å². The molecule has 0 aliphatic carbocycles. The number of nitrogens with one attached hydrogen (secondary N) is 1. The lowest BCUT2D eigenvalue weighted by Gasteiger charge is -2.11. The number of benzene rings is 1. The fourth-order valence-electron chi connectivity index (χ4n) is 1.88. The van der Waals surface area contributed by atoms with Gasteiger partial charge in [-0.1, -0.05) is 0 Å². The molecule has 0 fully saturated rings. The molecule has 0 atom stereocenters. The van der Waals surface area contributed by atoms with Gasteiger partial charge in [0.05, 0.1) is 19.9 Å². The Morgan fingerprint density at radius 3 is 2.57 bits per heavy atom. The number of rotatable bonds is 6. The molecule has 0 radical (unpaired) electrons. The van der Waals surface area contributed by atoms with Gasteiger partial charge in [-0.25, -0.2) is 4.79 Å². The van der Waals surface area contributed by atoms with Crippen molar-refractivity contribution in [1.29, 1.82) is 0 Å². The molecule has 0 aliphatic rings. The van der Waals surface area contributed by atoms with Gasteiger partial charge in [0.2, 0.25) is 0 Å². The number of carbonyl (C=O) groups is 2. The molecule has 1 N–H and O–H groups in total. The van der Waals surface area contributed by atoms with Crippen molar-refractivity contribution >= 4 is 28.9 Å². The summed E-state index contributed by atoms with van der Waals surface area (Å²) in [5.41, 5.74) is 1.27. The predicted molar refractivity (Wildman–Crippen MR) is 87.5 cm³/mol. The Morgan fingerprint density at radius 2 is 1.96 bits per heavy atom. The molecule has 23 heavy (non-hydrogen) atoms. The van der Waals surface area contributed by atoms with Gasteiger partial charge < -0.3 is 19.5 Å². The Balaban J connectivity index is 1.97. The summed E-state index contributed by atoms with van der Waals surface area (Å²) in [5.74, 6) is 0.0938. The Morgan fingerprint density at radius 1 is 1.17 bits per heavy atom. The molecule has 0 unspecified atom stereocenters. The number of anilines is 1. The average molecular weight is 335 g/mol. The van der Waals surface area contributed by atoms with E-state index >= 15 is 0 Å². The zero-order chi connectivity index (χ0) is 16.8. The van der Waals surface area contributed by atoms with E-state index in [9.17, 15) is 9.59 Å². The molecule has 1 amide bonds. The Labute approximate surface area is 138 Å². The van der Waals surface area contributed by atoms with Crippen LogP contribution in [0.4, 0.5) is 5.69 Å². The monoisotopic (exact) mass is 335 g/mol. The van der Waals surface area contributed by atoms with Crippen molar-refractivity contribution in [2.45, 2.75) is 6.92 Å². The van der Waals surface area contributed by atoms with E-state index in [-0.39, 0.29) is 6.61 Å². The topological polar surface area (TPSA) is 73.9 Å². The van der Waals surface area contributed by atoms with E-state index in [0.29, 0.717) is 22.1 Å². The lowest BCUT2D eigenvalue weighted by atomic mass is 10.2. The second kappa shape index (κ2) is 7.64. The second-order valence-electron chi connectivity index (χ2n) is 4.62. The fraction of sp³-hybridized carbons (Fsp3) is 0.250. The smallest absolute Gasteiger partial charge is 0.349 e. The van der Waals surface area contributed by atoms with Gasteiger partial charge in [0.25, 0.3) is 5.91 Å². The van der Waals surface area contributed by atoms with Crippen LogP contribution < -0.4 is 14.8 Å². The lowest BCUT2D eigenvalue weighted by Crippen LogP contribution is -2.21. The minimum atomic E-state index is -0.509. The molecule has 0 bridgehead atoms. The molecule has 2 aromatic rings. The van der Waals surface area contributed by atoms with E-state index < -0.39 is 11.9 Å². The standard InChI is InChI=1S/C16H17NO5S/c1-10-6-7-23-15(10)16(19)22-9-14(18)17-12-8-11(20-2)4-5-13(12)21-3/h4-8H,9H2,1-3H3,(H,17,18). The predicted octanol–water partition coefficient (Wildman–Crippen LogP) is 2.87. The van der Waals surface area contributed by atoms with E-state index in [1.807, 2.05) is 13.0 Å². The molecule has 122 valence electrons. The van der Waals surface area contributed by atoms with Crippen LogP contribution >= 0.6 is 11.3 Å². The van der Waals surface area contributed by atoms with Gasteiger partial charge in [-0.05, 0) is 36.1 Å². The molecular formula is C16H17NO5S. The molecule has 0 spiro atoms. The SMILES string of the molecule is COc1ccc(OC)c(NC(=O)COC(=O)c2sccc2C)c1. The molecule has 6 nitrogen and oxygen atoms in total. The minimum absolute atomic E-state index is 0.378. The highest BCUT2D eigenvalue weighted by molar-refractivity contribution is 7.12. The van der Waals surface area contributed by atoms with Crippen LogP contribution in [0, 0.1) is 6.92 Å². The van der Waals surface area contributed by atoms with Crippen molar-refractivity contribution in [3.05, 3.63) is 40.1 Å². The molecule has 0 saturated carbocycles. The number of thiophene rings is 1. The number of ether oxygens (including phenoxy) is 3. The zero-order valence-corrected chi connectivity index (χ0v) is 13.9. The third-order valence-electron chi connectivity index (χ3n) is 3.06. The first-order chi connectivity index (χ1) is 11.0. The first-order valence-electron chi connectivity index (χ1n) is 6.78. The summed E-state index contributed by atoms with van der Waals surface area (Å²) in [6.45, 7) is 1.44. The maximum Gasteiger partial charge on any atom is 0.349 e. The van der Waals surface area contributed by atoms with Gasteiger partial charge >= 0.3 is 5.97 Å². The van der Waals surface area contributed by atoms with Crippen LogP contribution in [0.25, 0.3) is 0 Å². The average Bonchev–Trinajstić information content (AvgIpc) is 2.98. The molecule has 1 aromatic carbocycles. The van der Waals surface area contributed by atoms with Crippen molar-refractivity contribution in [3.63, 3.8) is 0 Å². The highest BCUT2D eigenvalue weighted by atomic mass is 32.1. The molecular weight excluding hydrogens is 318 g/mol. The van der Waals surface area contributed by atoms with Crippen molar-refractivity contribution in [1.82, 2.24) is 0 Å². The zero-order valence-electron chi connectivity index (χ0n) is 13.0. The number of carbonyl (C=O) groups excluding carboxylic acids is 2. The molecule has 1 aromatic heterocycles. The lowest BCUT2D eigenvalue weighted by molar-refractivity contribution is -0.119. The maximum atomic E-state index is 12.0. The number of aryl methyl sites for hydroxylation is 1. The normalized spacial score (nSPS) is 10.0. The molecule has 1 heterocycles. The van der Waals surface area contributed by atoms with Gasteiger partial charge in [-0.15, -0.1) is 11.3 Å². The number of methoxy groups -OCH3 is 2. The van der Waals surface area contributed by atoms with E-state index in [1.165, 1.54) is 25.6 Å². The van der Waals surface area contributed by atoms with Gasteiger partial charge in [-0.3, -0.25) is 4.79 Å². The quantitative estimate of drug-likeness (QED) is 0.822. The summed E-state index contributed by atoms with van der Waals surface area (Å²) in [4.78, 5) is 24.3. The number of hydrogen-bond donors (Lipinski definition) is 1. The van der Waals surface area contributed by atoms with Crippen molar-refractivity contribution in [2.24, 2.45) is 0 Å². The first kappa shape index (κ1) is 16.8. The first-order valence-corrected chi connectivity index (χ1v) is 7.66. The van der Waals surface area contributed by atoms with Crippen LogP contribution in [0.15, 0.2) is 29.6 Å². The third-order valence-corrected chi connectivity index (χ3v) is 4.06. The summed E-state index contributed by atoms with van der Waals surface area (Å²) < 4.78 is 15.3. The van der Waals surface area contributed by atoms with Crippen LogP contribution in [0.2, 0.25) is 0 Å². The Kier molecular flexibility index (Phi) is 5.59. The Bertz CT molecular complexity index is 710. The number of esters is 1. The van der Waals surface area contributed by atoms with Gasteiger partial charge in [0.15, 0.2) is 6.61 Å². The van der Waals surface area contributed by atoms with Crippen molar-refractivity contribution < 1.29 is 23.8 Å². The van der Waals surface area contributed by atoms with Crippen LogP contribution in [0.3, 0.4) is 0 Å². The van der Waals surface area contributed by atoms with Crippen LogP contribution in [-0.2, 0) is 9.53 Å². The van der Waals surface area contributed by atoms with Gasteiger partial charge in [-0.2, -0.15) is 0 Å². The van der Waals surface area contributed by atoms with Crippen molar-refractivity contribution in [3.8, 4) is 11.5 Å². The molecule has 2 rings (SSSR count). The summed E-state index contributed by atoms with van der Waals surface area (Å²) in [6, 6.07) is 6.84. The van der Waals surface area contributed by atoms with E-state index in [0.717, 1.165) is 5.56 Å². The highest BCUT2D eigenvalue weighted by Crippen LogP contribution is 2.28. The Hall–Kier alpha value is -2.54. The molecule has 0 saturated heterocycles. The number of hydrogen-bond acceptors (Lipinski definition) is 6. The second-order valence-corrected chi connectivity index (χ2v) is 5.54. The highest BCUT2D eigenvalue weighted by Gasteiger charge is 2.15. The van der Waals surface area contributed by atoms with Crippen LogP contribution in [0.5, 0.6) is 11.5 Å².